The lowest BCUT2D eigenvalue weighted by atomic mass is 10.0. The summed E-state index contributed by atoms with van der Waals surface area (Å²) >= 11 is 0. The maximum absolute atomic E-state index is 14.6. The van der Waals surface area contributed by atoms with E-state index in [9.17, 15) is 30.8 Å². The molecule has 1 aliphatic heterocycles. The maximum Gasteiger partial charge on any atom is 0.534 e. The molecule has 0 saturated carbocycles. The number of rotatable bonds is 2. The predicted molar refractivity (Wildman–Crippen MR) is 87.2 cm³/mol. The summed E-state index contributed by atoms with van der Waals surface area (Å²) in [6.45, 7) is 5.38. The molecule has 0 fully saturated rings. The number of benzene rings is 1. The molecule has 152 valence electrons. The van der Waals surface area contributed by atoms with E-state index in [0.29, 0.717) is 5.56 Å². The molecule has 0 bridgehead atoms. The monoisotopic (exact) mass is 413 g/mol. The van der Waals surface area contributed by atoms with Gasteiger partial charge >= 0.3 is 21.7 Å². The Labute approximate surface area is 154 Å². The molecule has 1 amide bonds. The molecule has 0 unspecified atom stereocenters. The van der Waals surface area contributed by atoms with E-state index in [4.69, 9.17) is 4.74 Å². The quantitative estimate of drug-likeness (QED) is 0.422. The molecule has 0 radical (unpaired) electrons. The van der Waals surface area contributed by atoms with Crippen LogP contribution in [-0.2, 0) is 27.7 Å². The zero-order valence-electron chi connectivity index (χ0n) is 14.9. The average Bonchev–Trinajstić information content (AvgIpc) is 2.70. The van der Waals surface area contributed by atoms with Gasteiger partial charge in [0.1, 0.15) is 5.60 Å². The molecule has 0 aliphatic carbocycles. The van der Waals surface area contributed by atoms with Gasteiger partial charge in [0.25, 0.3) is 0 Å². The van der Waals surface area contributed by atoms with Crippen LogP contribution in [0.3, 0.4) is 0 Å². The Morgan fingerprint density at radius 1 is 1.11 bits per heavy atom. The van der Waals surface area contributed by atoms with Crippen LogP contribution in [-0.4, -0.2) is 43.6 Å². The molecule has 0 aromatic heterocycles. The maximum atomic E-state index is 14.6. The Hall–Kier alpha value is -2.04. The van der Waals surface area contributed by atoms with Crippen molar-refractivity contribution in [1.29, 1.82) is 0 Å². The highest BCUT2D eigenvalue weighted by Gasteiger charge is 2.49. The minimum atomic E-state index is -5.98. The van der Waals surface area contributed by atoms with Crippen molar-refractivity contribution in [1.82, 2.24) is 4.90 Å². The molecule has 1 heterocycles. The van der Waals surface area contributed by atoms with Gasteiger partial charge in [-0.15, -0.1) is 0 Å². The van der Waals surface area contributed by atoms with Gasteiger partial charge in [0, 0.05) is 13.1 Å². The molecular formula is C16H19F4NO5S. The molecular weight excluding hydrogens is 394 g/mol. The lowest BCUT2D eigenvalue weighted by molar-refractivity contribution is -0.0501. The number of hydrogen-bond acceptors (Lipinski definition) is 5. The summed E-state index contributed by atoms with van der Waals surface area (Å²) in [5.74, 6) is -2.22. The van der Waals surface area contributed by atoms with Crippen molar-refractivity contribution in [3.8, 4) is 5.75 Å². The third-order valence-electron chi connectivity index (χ3n) is 3.72. The molecule has 1 aliphatic rings. The fraction of sp³-hybridized carbons (Fsp3) is 0.562. The second-order valence-electron chi connectivity index (χ2n) is 6.97. The first-order valence-electron chi connectivity index (χ1n) is 8.00. The lowest BCUT2D eigenvalue weighted by Gasteiger charge is -2.26. The highest BCUT2D eigenvalue weighted by Crippen LogP contribution is 2.32. The largest absolute Gasteiger partial charge is 0.534 e. The van der Waals surface area contributed by atoms with Gasteiger partial charge in [0.05, 0.1) is 0 Å². The van der Waals surface area contributed by atoms with E-state index in [1.54, 1.807) is 20.8 Å². The minimum Gasteiger partial charge on any atom is -0.444 e. The predicted octanol–water partition coefficient (Wildman–Crippen LogP) is 3.39. The number of carbonyl (C=O) groups excluding carboxylic acids is 1. The number of fused-ring (bicyclic) bond motifs is 1. The first kappa shape index (κ1) is 21.3. The fourth-order valence-corrected chi connectivity index (χ4v) is 2.96. The highest BCUT2D eigenvalue weighted by molar-refractivity contribution is 7.88. The smallest absolute Gasteiger partial charge is 0.444 e. The second-order valence-corrected chi connectivity index (χ2v) is 8.50. The van der Waals surface area contributed by atoms with Crippen molar-refractivity contribution in [2.24, 2.45) is 0 Å². The Balaban J connectivity index is 2.23. The zero-order chi connectivity index (χ0) is 20.6. The molecule has 1 aromatic carbocycles. The Morgan fingerprint density at radius 2 is 1.70 bits per heavy atom. The zero-order valence-corrected chi connectivity index (χ0v) is 15.7. The van der Waals surface area contributed by atoms with E-state index in [0.717, 1.165) is 6.07 Å². The first-order chi connectivity index (χ1) is 12.2. The summed E-state index contributed by atoms with van der Waals surface area (Å²) in [6, 6.07) is 2.12. The van der Waals surface area contributed by atoms with E-state index in [1.165, 1.54) is 11.0 Å². The standard InChI is InChI=1S/C16H19F4NO5S/c1-15(2,3)25-14(22)21-8-6-10-4-5-12(13(17)11(10)7-9-21)26-27(23,24)16(18,19)20/h4-5H,6-9H2,1-3H3. The summed E-state index contributed by atoms with van der Waals surface area (Å²) < 4.78 is 83.2. The van der Waals surface area contributed by atoms with E-state index < -0.39 is 38.9 Å². The topological polar surface area (TPSA) is 72.9 Å². The van der Waals surface area contributed by atoms with Crippen LogP contribution in [0.5, 0.6) is 5.75 Å². The Kier molecular flexibility index (Phi) is 5.65. The van der Waals surface area contributed by atoms with Gasteiger partial charge < -0.3 is 13.8 Å². The van der Waals surface area contributed by atoms with Crippen molar-refractivity contribution >= 4 is 16.2 Å². The van der Waals surface area contributed by atoms with Gasteiger partial charge in [-0.3, -0.25) is 0 Å². The van der Waals surface area contributed by atoms with E-state index in [2.05, 4.69) is 4.18 Å². The number of halogens is 4. The molecule has 11 heteroatoms. The van der Waals surface area contributed by atoms with Gasteiger partial charge in [0.15, 0.2) is 11.6 Å². The van der Waals surface area contributed by atoms with Crippen LogP contribution >= 0.6 is 0 Å². The van der Waals surface area contributed by atoms with Crippen LogP contribution in [0.2, 0.25) is 0 Å². The summed E-state index contributed by atoms with van der Waals surface area (Å²) in [7, 11) is -5.98. The van der Waals surface area contributed by atoms with Crippen molar-refractivity contribution < 1.29 is 39.7 Å². The van der Waals surface area contributed by atoms with Gasteiger partial charge in [-0.25, -0.2) is 9.18 Å². The summed E-state index contributed by atoms with van der Waals surface area (Å²) in [6.07, 6.45) is -0.381. The van der Waals surface area contributed by atoms with Crippen LogP contribution in [0.4, 0.5) is 22.4 Å². The van der Waals surface area contributed by atoms with Crippen molar-refractivity contribution in [2.75, 3.05) is 13.1 Å². The molecule has 27 heavy (non-hydrogen) atoms. The molecule has 6 nitrogen and oxygen atoms in total. The first-order valence-corrected chi connectivity index (χ1v) is 9.41. The van der Waals surface area contributed by atoms with Crippen LogP contribution in [0.25, 0.3) is 0 Å². The third-order valence-corrected chi connectivity index (χ3v) is 4.69. The molecule has 2 rings (SSSR count). The number of alkyl halides is 3. The fourth-order valence-electron chi connectivity index (χ4n) is 2.50. The van der Waals surface area contributed by atoms with Crippen LogP contribution in [0.1, 0.15) is 31.9 Å². The Morgan fingerprint density at radius 3 is 2.26 bits per heavy atom. The minimum absolute atomic E-state index is 0.0101. The average molecular weight is 413 g/mol. The van der Waals surface area contributed by atoms with E-state index >= 15 is 0 Å². The van der Waals surface area contributed by atoms with Crippen LogP contribution in [0.15, 0.2) is 12.1 Å². The summed E-state index contributed by atoms with van der Waals surface area (Å²) in [5.41, 5.74) is -5.92. The summed E-state index contributed by atoms with van der Waals surface area (Å²) in [4.78, 5) is 13.5. The number of hydrogen-bond donors (Lipinski definition) is 0. The van der Waals surface area contributed by atoms with Gasteiger partial charge in [-0.2, -0.15) is 21.6 Å². The molecule has 0 saturated heterocycles. The van der Waals surface area contributed by atoms with Crippen LogP contribution < -0.4 is 4.18 Å². The van der Waals surface area contributed by atoms with Crippen LogP contribution in [0, 0.1) is 5.82 Å². The second kappa shape index (κ2) is 7.17. The lowest BCUT2D eigenvalue weighted by Crippen LogP contribution is -2.38. The molecule has 0 N–H and O–H groups in total. The normalized spacial score (nSPS) is 15.7. The number of nitrogens with zero attached hydrogens (tertiary/aromatic N) is 1. The molecule has 0 atom stereocenters. The van der Waals surface area contributed by atoms with Crippen molar-refractivity contribution in [3.05, 3.63) is 29.1 Å². The number of ether oxygens (including phenoxy) is 1. The van der Waals surface area contributed by atoms with Gasteiger partial charge in [-0.1, -0.05) is 6.07 Å². The molecule has 0 spiro atoms. The third kappa shape index (κ3) is 5.02. The number of carbonyl (C=O) groups is 1. The SMILES string of the molecule is CC(C)(C)OC(=O)N1CCc2ccc(OS(=O)(=O)C(F)(F)F)c(F)c2CC1. The highest BCUT2D eigenvalue weighted by atomic mass is 32.2. The van der Waals surface area contributed by atoms with Crippen molar-refractivity contribution in [3.63, 3.8) is 0 Å². The van der Waals surface area contributed by atoms with E-state index in [1.807, 2.05) is 0 Å². The van der Waals surface area contributed by atoms with Crippen molar-refractivity contribution in [2.45, 2.75) is 44.7 Å². The van der Waals surface area contributed by atoms with Gasteiger partial charge in [-0.05, 0) is 50.8 Å². The van der Waals surface area contributed by atoms with E-state index in [-0.39, 0.29) is 31.5 Å². The van der Waals surface area contributed by atoms with Gasteiger partial charge in [0.2, 0.25) is 0 Å². The molecule has 1 aromatic rings. The summed E-state index contributed by atoms with van der Waals surface area (Å²) in [5, 5.41) is 0. The Bertz CT molecular complexity index is 830. The number of amides is 1.